The van der Waals surface area contributed by atoms with Crippen molar-refractivity contribution in [2.75, 3.05) is 0 Å². The first kappa shape index (κ1) is 16.5. The fraction of sp³-hybridized carbons (Fsp3) is 0.0526. The van der Waals surface area contributed by atoms with Gasteiger partial charge in [-0.2, -0.15) is 5.26 Å². The van der Waals surface area contributed by atoms with Gasteiger partial charge in [0.15, 0.2) is 5.75 Å². The van der Waals surface area contributed by atoms with Gasteiger partial charge in [-0.3, -0.25) is 0 Å². The lowest BCUT2D eigenvalue weighted by Crippen LogP contribution is -2.26. The van der Waals surface area contributed by atoms with Gasteiger partial charge in [0.05, 0.1) is 26.9 Å². The monoisotopic (exact) mass is 384 g/mol. The Morgan fingerprint density at radius 2 is 1.88 bits per heavy atom. The average molecular weight is 385 g/mol. The molecule has 2 aromatic carbocycles. The first-order valence-electron chi connectivity index (χ1n) is 7.60. The molecule has 0 radical (unpaired) electrons. The summed E-state index contributed by atoms with van der Waals surface area (Å²) in [6.07, 6.45) is 0. The number of fused-ring (bicyclic) bond motifs is 3. The van der Waals surface area contributed by atoms with Crippen molar-refractivity contribution < 1.29 is 9.15 Å². The predicted octanol–water partition coefficient (Wildman–Crippen LogP) is 4.32. The molecule has 3 aromatic rings. The highest BCUT2D eigenvalue weighted by Crippen LogP contribution is 2.46. The largest absolute Gasteiger partial charge is 0.439 e. The van der Waals surface area contributed by atoms with E-state index in [-0.39, 0.29) is 27.8 Å². The molecule has 1 aliphatic heterocycles. The maximum Gasteiger partial charge on any atom is 0.344 e. The topological polar surface area (TPSA) is 89.3 Å². The molecule has 26 heavy (non-hydrogen) atoms. The first-order valence-corrected chi connectivity index (χ1v) is 8.35. The zero-order valence-corrected chi connectivity index (χ0v) is 14.6. The summed E-state index contributed by atoms with van der Waals surface area (Å²) in [5.74, 6) is -0.665. The maximum atomic E-state index is 12.7. The van der Waals surface area contributed by atoms with Crippen molar-refractivity contribution in [2.24, 2.45) is 5.73 Å². The molecule has 4 rings (SSSR count). The van der Waals surface area contributed by atoms with Crippen LogP contribution in [0.5, 0.6) is 5.75 Å². The van der Waals surface area contributed by atoms with Crippen molar-refractivity contribution in [3.8, 4) is 11.8 Å². The Morgan fingerprint density at radius 3 is 2.65 bits per heavy atom. The summed E-state index contributed by atoms with van der Waals surface area (Å²) in [5, 5.41) is 10.7. The number of benzene rings is 2. The molecule has 7 heteroatoms. The molecule has 0 bridgehead atoms. The molecule has 0 aliphatic carbocycles. The van der Waals surface area contributed by atoms with Crippen molar-refractivity contribution in [2.45, 2.75) is 5.92 Å². The summed E-state index contributed by atoms with van der Waals surface area (Å²) < 4.78 is 11.1. The van der Waals surface area contributed by atoms with E-state index in [9.17, 15) is 10.1 Å². The van der Waals surface area contributed by atoms with Gasteiger partial charge in [-0.15, -0.1) is 0 Å². The lowest BCUT2D eigenvalue weighted by atomic mass is 9.84. The highest BCUT2D eigenvalue weighted by atomic mass is 35.5. The number of rotatable bonds is 1. The average Bonchev–Trinajstić information content (AvgIpc) is 2.63. The predicted molar refractivity (Wildman–Crippen MR) is 98.2 cm³/mol. The number of halogens is 2. The minimum Gasteiger partial charge on any atom is -0.439 e. The van der Waals surface area contributed by atoms with Crippen LogP contribution in [-0.2, 0) is 0 Å². The van der Waals surface area contributed by atoms with Crippen LogP contribution in [0.2, 0.25) is 10.0 Å². The van der Waals surface area contributed by atoms with Gasteiger partial charge >= 0.3 is 5.63 Å². The van der Waals surface area contributed by atoms with Crippen LogP contribution in [0.1, 0.15) is 17.0 Å². The molecule has 2 heterocycles. The van der Waals surface area contributed by atoms with Crippen molar-refractivity contribution >= 4 is 34.2 Å². The van der Waals surface area contributed by atoms with Gasteiger partial charge in [-0.1, -0.05) is 47.5 Å². The molecule has 0 saturated carbocycles. The maximum absolute atomic E-state index is 12.7. The molecule has 5 nitrogen and oxygen atoms in total. The number of allylic oxidation sites excluding steroid dienone is 1. The molecule has 0 saturated heterocycles. The van der Waals surface area contributed by atoms with E-state index in [1.165, 1.54) is 0 Å². The smallest absolute Gasteiger partial charge is 0.344 e. The molecule has 1 unspecified atom stereocenters. The second-order valence-corrected chi connectivity index (χ2v) is 6.48. The van der Waals surface area contributed by atoms with Crippen LogP contribution in [0.4, 0.5) is 0 Å². The molecule has 128 valence electrons. The number of nitriles is 1. The minimum atomic E-state index is -0.837. The van der Waals surface area contributed by atoms with Crippen LogP contribution in [-0.4, -0.2) is 0 Å². The second kappa shape index (κ2) is 6.10. The van der Waals surface area contributed by atoms with E-state index in [4.69, 9.17) is 38.1 Å². The van der Waals surface area contributed by atoms with E-state index in [0.29, 0.717) is 21.6 Å². The fourth-order valence-corrected chi connectivity index (χ4v) is 3.54. The molecule has 0 amide bonds. The Morgan fingerprint density at radius 1 is 1.12 bits per heavy atom. The number of hydrogen-bond donors (Lipinski definition) is 1. The molecular weight excluding hydrogens is 375 g/mol. The van der Waals surface area contributed by atoms with Crippen LogP contribution < -0.4 is 16.1 Å². The number of hydrogen-bond acceptors (Lipinski definition) is 5. The Hall–Kier alpha value is -2.94. The second-order valence-electron chi connectivity index (χ2n) is 5.70. The molecule has 1 atom stereocenters. The number of ether oxygens (including phenoxy) is 1. The van der Waals surface area contributed by atoms with Gasteiger partial charge in [-0.05, 0) is 23.8 Å². The molecular formula is C19H10Cl2N2O3. The first-order chi connectivity index (χ1) is 12.5. The highest BCUT2D eigenvalue weighted by molar-refractivity contribution is 6.42. The number of nitrogens with zero attached hydrogens (tertiary/aromatic N) is 1. The Balaban J connectivity index is 2.13. The van der Waals surface area contributed by atoms with Gasteiger partial charge in [0, 0.05) is 0 Å². The summed E-state index contributed by atoms with van der Waals surface area (Å²) in [7, 11) is 0. The molecule has 1 aliphatic rings. The Kier molecular flexibility index (Phi) is 3.87. The van der Waals surface area contributed by atoms with Gasteiger partial charge in [0.25, 0.3) is 0 Å². The fourth-order valence-electron chi connectivity index (χ4n) is 3.12. The molecule has 0 spiro atoms. The Bertz CT molecular complexity index is 1190. The zero-order valence-electron chi connectivity index (χ0n) is 13.1. The standard InChI is InChI=1S/C19H10Cl2N2O3/c20-12-6-3-5-10(16(12)21)14-11(8-22)18(23)26-17-9-4-1-2-7-13(9)25-19(24)15(14)17/h1-7,14H,23H2. The van der Waals surface area contributed by atoms with E-state index in [1.54, 1.807) is 42.5 Å². The highest BCUT2D eigenvalue weighted by Gasteiger charge is 2.36. The summed E-state index contributed by atoms with van der Waals surface area (Å²) in [6, 6.07) is 13.9. The third-order valence-corrected chi connectivity index (χ3v) is 5.10. The van der Waals surface area contributed by atoms with Gasteiger partial charge in [0.2, 0.25) is 5.88 Å². The van der Waals surface area contributed by atoms with E-state index in [0.717, 1.165) is 0 Å². The van der Waals surface area contributed by atoms with Crippen molar-refractivity contribution in [1.82, 2.24) is 0 Å². The molecule has 0 fully saturated rings. The van der Waals surface area contributed by atoms with Crippen molar-refractivity contribution in [3.05, 3.63) is 85.5 Å². The van der Waals surface area contributed by atoms with Crippen LogP contribution in [0.3, 0.4) is 0 Å². The van der Waals surface area contributed by atoms with E-state index >= 15 is 0 Å². The van der Waals surface area contributed by atoms with Crippen molar-refractivity contribution in [1.29, 1.82) is 5.26 Å². The normalized spacial score (nSPS) is 16.1. The Labute approximate surface area is 157 Å². The summed E-state index contributed by atoms with van der Waals surface area (Å²) in [6.45, 7) is 0. The summed E-state index contributed by atoms with van der Waals surface area (Å²) >= 11 is 12.5. The van der Waals surface area contributed by atoms with Crippen molar-refractivity contribution in [3.63, 3.8) is 0 Å². The quantitative estimate of drug-likeness (QED) is 0.631. The van der Waals surface area contributed by atoms with Gasteiger partial charge < -0.3 is 14.9 Å². The third-order valence-electron chi connectivity index (χ3n) is 4.27. The van der Waals surface area contributed by atoms with Crippen LogP contribution in [0, 0.1) is 11.3 Å². The van der Waals surface area contributed by atoms with E-state index in [1.807, 2.05) is 6.07 Å². The molecule has 2 N–H and O–H groups in total. The summed E-state index contributed by atoms with van der Waals surface area (Å²) in [4.78, 5) is 12.7. The summed E-state index contributed by atoms with van der Waals surface area (Å²) in [5.41, 5.74) is 6.44. The minimum absolute atomic E-state index is 0.0734. The van der Waals surface area contributed by atoms with Gasteiger partial charge in [0.1, 0.15) is 17.2 Å². The van der Waals surface area contributed by atoms with Gasteiger partial charge in [-0.25, -0.2) is 4.79 Å². The lowest BCUT2D eigenvalue weighted by Gasteiger charge is -2.26. The SMILES string of the molecule is N#CC1=C(N)Oc2c(c(=O)oc3ccccc23)C1c1cccc(Cl)c1Cl. The van der Waals surface area contributed by atoms with Crippen LogP contribution >= 0.6 is 23.2 Å². The number of para-hydroxylation sites is 1. The number of nitrogens with two attached hydrogens (primary N) is 1. The van der Waals surface area contributed by atoms with Crippen LogP contribution in [0.15, 0.2) is 63.1 Å². The van der Waals surface area contributed by atoms with Crippen LogP contribution in [0.25, 0.3) is 11.0 Å². The third kappa shape index (κ3) is 2.35. The van der Waals surface area contributed by atoms with E-state index in [2.05, 4.69) is 0 Å². The lowest BCUT2D eigenvalue weighted by molar-refractivity contribution is 0.388. The van der Waals surface area contributed by atoms with E-state index < -0.39 is 11.5 Å². The zero-order chi connectivity index (χ0) is 18.4. The molecule has 1 aromatic heterocycles.